The van der Waals surface area contributed by atoms with E-state index >= 15 is 0 Å². The van der Waals surface area contributed by atoms with Crippen LogP contribution in [0.25, 0.3) is 0 Å². The van der Waals surface area contributed by atoms with Gasteiger partial charge >= 0.3 is 0 Å². The van der Waals surface area contributed by atoms with Gasteiger partial charge < -0.3 is 10.2 Å². The number of aromatic nitrogens is 1. The highest BCUT2D eigenvalue weighted by molar-refractivity contribution is 7.91. The topological polar surface area (TPSA) is 79.4 Å². The Morgan fingerprint density at radius 2 is 2.23 bits per heavy atom. The van der Waals surface area contributed by atoms with Crippen molar-refractivity contribution in [2.24, 2.45) is 0 Å². The summed E-state index contributed by atoms with van der Waals surface area (Å²) in [6, 6.07) is 1.64. The van der Waals surface area contributed by atoms with E-state index in [0.29, 0.717) is 24.2 Å². The van der Waals surface area contributed by atoms with E-state index in [1.54, 1.807) is 30.4 Å². The highest BCUT2D eigenvalue weighted by atomic mass is 32.2. The lowest BCUT2D eigenvalue weighted by Gasteiger charge is -2.18. The number of pyridine rings is 1. The SMILES string of the molecule is CCCCN(C)C(=O)c1cncc(NC2CCS(=O)(=O)C2)c1. The van der Waals surface area contributed by atoms with E-state index in [9.17, 15) is 13.2 Å². The van der Waals surface area contributed by atoms with Gasteiger partial charge in [-0.25, -0.2) is 8.42 Å². The third-order valence-electron chi connectivity index (χ3n) is 3.78. The van der Waals surface area contributed by atoms with Gasteiger partial charge in [0.1, 0.15) is 0 Å². The fourth-order valence-electron chi connectivity index (χ4n) is 2.50. The first-order chi connectivity index (χ1) is 10.4. The van der Waals surface area contributed by atoms with E-state index in [-0.39, 0.29) is 23.5 Å². The van der Waals surface area contributed by atoms with Crippen LogP contribution in [-0.2, 0) is 9.84 Å². The molecule has 6 nitrogen and oxygen atoms in total. The van der Waals surface area contributed by atoms with Crippen LogP contribution in [0.3, 0.4) is 0 Å². The zero-order valence-electron chi connectivity index (χ0n) is 13.1. The summed E-state index contributed by atoms with van der Waals surface area (Å²) in [5.74, 6) is 0.293. The fourth-order valence-corrected chi connectivity index (χ4v) is 4.17. The van der Waals surface area contributed by atoms with Gasteiger partial charge in [0, 0.05) is 32.0 Å². The first-order valence-electron chi connectivity index (χ1n) is 7.59. The summed E-state index contributed by atoms with van der Waals surface area (Å²) in [5.41, 5.74) is 1.21. The Morgan fingerprint density at radius 3 is 2.86 bits per heavy atom. The maximum atomic E-state index is 12.3. The number of rotatable bonds is 6. The largest absolute Gasteiger partial charge is 0.380 e. The molecular formula is C15H23N3O3S. The van der Waals surface area contributed by atoms with Crippen molar-refractivity contribution < 1.29 is 13.2 Å². The molecule has 1 aromatic heterocycles. The van der Waals surface area contributed by atoms with Gasteiger partial charge in [-0.05, 0) is 18.9 Å². The van der Waals surface area contributed by atoms with Gasteiger partial charge in [0.05, 0.1) is 22.8 Å². The number of carbonyl (C=O) groups is 1. The summed E-state index contributed by atoms with van der Waals surface area (Å²) in [5, 5.41) is 3.16. The van der Waals surface area contributed by atoms with Crippen molar-refractivity contribution in [2.45, 2.75) is 32.2 Å². The van der Waals surface area contributed by atoms with Crippen LogP contribution in [0.4, 0.5) is 5.69 Å². The van der Waals surface area contributed by atoms with E-state index in [4.69, 9.17) is 0 Å². The summed E-state index contributed by atoms with van der Waals surface area (Å²) in [4.78, 5) is 18.1. The zero-order chi connectivity index (χ0) is 16.2. The Kier molecular flexibility index (Phi) is 5.39. The maximum Gasteiger partial charge on any atom is 0.255 e. The molecule has 122 valence electrons. The van der Waals surface area contributed by atoms with E-state index in [1.165, 1.54) is 0 Å². The first-order valence-corrected chi connectivity index (χ1v) is 9.41. The minimum absolute atomic E-state index is 0.0661. The lowest BCUT2D eigenvalue weighted by molar-refractivity contribution is 0.0793. The number of amides is 1. The van der Waals surface area contributed by atoms with E-state index in [2.05, 4.69) is 17.2 Å². The number of unbranched alkanes of at least 4 members (excludes halogenated alkanes) is 1. The van der Waals surface area contributed by atoms with Gasteiger partial charge in [0.2, 0.25) is 0 Å². The molecule has 1 saturated heterocycles. The number of hydrogen-bond acceptors (Lipinski definition) is 5. The average molecular weight is 325 g/mol. The standard InChI is InChI=1S/C15H23N3O3S/c1-3-4-6-18(2)15(19)12-8-14(10-16-9-12)17-13-5-7-22(20,21)11-13/h8-10,13,17H,3-7,11H2,1-2H3. The van der Waals surface area contributed by atoms with E-state index in [1.807, 2.05) is 0 Å². The highest BCUT2D eigenvalue weighted by Crippen LogP contribution is 2.18. The van der Waals surface area contributed by atoms with Gasteiger partial charge in [0.25, 0.3) is 5.91 Å². The molecule has 1 aliphatic rings. The molecule has 22 heavy (non-hydrogen) atoms. The van der Waals surface area contributed by atoms with Gasteiger partial charge in [0.15, 0.2) is 9.84 Å². The summed E-state index contributed by atoms with van der Waals surface area (Å²) in [6.45, 7) is 2.80. The summed E-state index contributed by atoms with van der Waals surface area (Å²) in [7, 11) is -1.14. The molecule has 0 spiro atoms. The molecule has 1 fully saturated rings. The lowest BCUT2D eigenvalue weighted by atomic mass is 10.2. The zero-order valence-corrected chi connectivity index (χ0v) is 13.9. The second-order valence-corrected chi connectivity index (χ2v) is 8.02. The van der Waals surface area contributed by atoms with E-state index in [0.717, 1.165) is 12.8 Å². The molecule has 0 aliphatic carbocycles. The van der Waals surface area contributed by atoms with Crippen molar-refractivity contribution in [1.82, 2.24) is 9.88 Å². The third-order valence-corrected chi connectivity index (χ3v) is 5.55. The minimum atomic E-state index is -2.92. The van der Waals surface area contributed by atoms with Gasteiger partial charge in [-0.1, -0.05) is 13.3 Å². The van der Waals surface area contributed by atoms with Crippen molar-refractivity contribution >= 4 is 21.4 Å². The number of nitrogens with one attached hydrogen (secondary N) is 1. The molecule has 0 radical (unpaired) electrons. The molecular weight excluding hydrogens is 302 g/mol. The van der Waals surface area contributed by atoms with Crippen LogP contribution in [0.2, 0.25) is 0 Å². The average Bonchev–Trinajstić information content (AvgIpc) is 2.83. The molecule has 0 saturated carbocycles. The lowest BCUT2D eigenvalue weighted by Crippen LogP contribution is -2.28. The minimum Gasteiger partial charge on any atom is -0.380 e. The Balaban J connectivity index is 2.02. The Bertz CT molecular complexity index is 631. The Morgan fingerprint density at radius 1 is 1.45 bits per heavy atom. The van der Waals surface area contributed by atoms with Crippen LogP contribution in [0.15, 0.2) is 18.5 Å². The number of nitrogens with zero attached hydrogens (tertiary/aromatic N) is 2. The molecule has 2 rings (SSSR count). The first kappa shape index (κ1) is 16.7. The van der Waals surface area contributed by atoms with Crippen LogP contribution >= 0.6 is 0 Å². The highest BCUT2D eigenvalue weighted by Gasteiger charge is 2.27. The van der Waals surface area contributed by atoms with Crippen LogP contribution in [-0.4, -0.2) is 55.3 Å². The normalized spacial score (nSPS) is 19.8. The third kappa shape index (κ3) is 4.43. The summed E-state index contributed by atoms with van der Waals surface area (Å²) >= 11 is 0. The molecule has 1 atom stereocenters. The second-order valence-electron chi connectivity index (χ2n) is 5.79. The molecule has 1 unspecified atom stereocenters. The Labute approximate surface area is 131 Å². The van der Waals surface area contributed by atoms with Crippen molar-refractivity contribution in [3.63, 3.8) is 0 Å². The van der Waals surface area contributed by atoms with Crippen molar-refractivity contribution in [3.05, 3.63) is 24.0 Å². The van der Waals surface area contributed by atoms with Crippen LogP contribution in [0.1, 0.15) is 36.5 Å². The van der Waals surface area contributed by atoms with Gasteiger partial charge in [-0.2, -0.15) is 0 Å². The summed E-state index contributed by atoms with van der Waals surface area (Å²) in [6.07, 6.45) is 5.76. The summed E-state index contributed by atoms with van der Waals surface area (Å²) < 4.78 is 23.0. The monoisotopic (exact) mass is 325 g/mol. The quantitative estimate of drug-likeness (QED) is 0.858. The predicted molar refractivity (Wildman–Crippen MR) is 86.8 cm³/mol. The van der Waals surface area contributed by atoms with Gasteiger partial charge in [-0.15, -0.1) is 0 Å². The molecule has 0 aromatic carbocycles. The van der Waals surface area contributed by atoms with Crippen LogP contribution < -0.4 is 5.32 Å². The maximum absolute atomic E-state index is 12.3. The molecule has 7 heteroatoms. The fraction of sp³-hybridized carbons (Fsp3) is 0.600. The van der Waals surface area contributed by atoms with Crippen LogP contribution in [0.5, 0.6) is 0 Å². The van der Waals surface area contributed by atoms with Crippen molar-refractivity contribution in [2.75, 3.05) is 30.4 Å². The van der Waals surface area contributed by atoms with Crippen molar-refractivity contribution in [3.8, 4) is 0 Å². The second kappa shape index (κ2) is 7.09. The van der Waals surface area contributed by atoms with Crippen molar-refractivity contribution in [1.29, 1.82) is 0 Å². The van der Waals surface area contributed by atoms with E-state index < -0.39 is 9.84 Å². The number of carbonyl (C=O) groups excluding carboxylic acids is 1. The Hall–Kier alpha value is -1.63. The number of hydrogen-bond donors (Lipinski definition) is 1. The predicted octanol–water partition coefficient (Wildman–Crippen LogP) is 1.55. The molecule has 1 N–H and O–H groups in total. The molecule has 2 heterocycles. The molecule has 1 aliphatic heterocycles. The molecule has 1 aromatic rings. The number of anilines is 1. The molecule has 1 amide bonds. The number of sulfone groups is 1. The molecule has 0 bridgehead atoms. The smallest absolute Gasteiger partial charge is 0.255 e. The van der Waals surface area contributed by atoms with Crippen LogP contribution in [0, 0.1) is 0 Å². The van der Waals surface area contributed by atoms with Gasteiger partial charge in [-0.3, -0.25) is 9.78 Å².